The summed E-state index contributed by atoms with van der Waals surface area (Å²) in [4.78, 5) is 111. The van der Waals surface area contributed by atoms with Crippen LogP contribution in [0.4, 0.5) is 17.2 Å². The van der Waals surface area contributed by atoms with Crippen LogP contribution in [-0.2, 0) is 77.2 Å². The lowest BCUT2D eigenvalue weighted by molar-refractivity contribution is -0.167. The van der Waals surface area contributed by atoms with Crippen LogP contribution in [0.3, 0.4) is 0 Å². The molecule has 0 saturated carbocycles. The number of amides is 3. The standard InChI is InChI=1S/C61H78N10O21S3/c1-8-10-22-64-45-28-40(30-47(94(62,80)81)55(45)91-42-18-14-12-15-19-42)59(78)88-36-49(72)68(6)33-52(75)85-38-51(74)71(61(3,4)5)32-44(35-87-58-57(66-93-67-58)70-24-26-84-27-25-70)90-54(77)39-86-53(76)34-69(7)50(73)37-89-60(79)41-29-46(65-23-11-9-2)56(48(31-41)95(63,82)83)92-43-20-16-13-17-21-43/h12-21,28-31,44,64-65H,8-11,22-27,32-39H2,1-7H3,(H2,62,80,81)(H2,63,82,83)/t44-/m0/s1. The summed E-state index contributed by atoms with van der Waals surface area (Å²) in [6, 6.07) is 21.0. The van der Waals surface area contributed by atoms with E-state index in [-0.39, 0.29) is 51.4 Å². The average molecular weight is 1380 g/mol. The third-order valence-corrected chi connectivity index (χ3v) is 16.0. The highest BCUT2D eigenvalue weighted by atomic mass is 32.2. The smallest absolute Gasteiger partial charge is 0.344 e. The van der Waals surface area contributed by atoms with E-state index in [9.17, 15) is 55.2 Å². The molecule has 4 aromatic carbocycles. The molecule has 1 aliphatic rings. The first kappa shape index (κ1) is 74.8. The second kappa shape index (κ2) is 35.3. The van der Waals surface area contributed by atoms with Crippen molar-refractivity contribution in [3.05, 3.63) is 96.1 Å². The minimum Gasteiger partial charge on any atom is -0.470 e. The summed E-state index contributed by atoms with van der Waals surface area (Å²) < 4.78 is 110. The molecule has 31 nitrogen and oxygen atoms in total. The van der Waals surface area contributed by atoms with Crippen molar-refractivity contribution >= 4 is 96.5 Å². The van der Waals surface area contributed by atoms with Crippen LogP contribution < -0.4 is 40.0 Å². The molecule has 516 valence electrons. The summed E-state index contributed by atoms with van der Waals surface area (Å²) >= 11 is 0.854. The van der Waals surface area contributed by atoms with Crippen LogP contribution in [-0.4, -0.2) is 206 Å². The first-order valence-electron chi connectivity index (χ1n) is 29.8. The fourth-order valence-corrected chi connectivity index (χ4v) is 10.6. The molecule has 1 saturated heterocycles. The van der Waals surface area contributed by atoms with Crippen molar-refractivity contribution in [2.45, 2.75) is 81.7 Å². The highest BCUT2D eigenvalue weighted by molar-refractivity contribution is 7.89. The Morgan fingerprint density at radius 3 is 1.53 bits per heavy atom. The number of unbranched alkanes of at least 4 members (excludes halogenated alkanes) is 2. The maximum absolute atomic E-state index is 14.0. The molecule has 0 bridgehead atoms. The minimum absolute atomic E-state index is 0.0752. The number of rotatable bonds is 35. The largest absolute Gasteiger partial charge is 0.470 e. The predicted molar refractivity (Wildman–Crippen MR) is 343 cm³/mol. The zero-order chi connectivity index (χ0) is 69.5. The number of benzene rings is 4. The van der Waals surface area contributed by atoms with Gasteiger partial charge in [0.2, 0.25) is 25.9 Å². The molecular weight excluding hydrogens is 1300 g/mol. The van der Waals surface area contributed by atoms with Crippen LogP contribution in [0.1, 0.15) is 81.0 Å². The van der Waals surface area contributed by atoms with E-state index in [0.29, 0.717) is 58.1 Å². The molecule has 34 heteroatoms. The number of sulfonamides is 2. The fourth-order valence-electron chi connectivity index (χ4n) is 8.71. The Morgan fingerprint density at radius 2 is 1.08 bits per heavy atom. The van der Waals surface area contributed by atoms with Crippen molar-refractivity contribution in [2.24, 2.45) is 10.3 Å². The van der Waals surface area contributed by atoms with Crippen LogP contribution in [0.25, 0.3) is 0 Å². The number of hydrogen-bond acceptors (Lipinski definition) is 27. The molecule has 1 aromatic heterocycles. The Hall–Kier alpha value is -9.22. The van der Waals surface area contributed by atoms with E-state index < -0.39 is 142 Å². The number of aromatic nitrogens is 2. The van der Waals surface area contributed by atoms with Crippen LogP contribution in [0, 0.1) is 0 Å². The number of morpholine rings is 1. The topological polar surface area (TPSA) is 403 Å². The zero-order valence-electron chi connectivity index (χ0n) is 53.5. The lowest BCUT2D eigenvalue weighted by atomic mass is 10.1. The van der Waals surface area contributed by atoms with Gasteiger partial charge in [-0.3, -0.25) is 24.0 Å². The van der Waals surface area contributed by atoms with Gasteiger partial charge in [-0.15, -0.1) is 4.37 Å². The van der Waals surface area contributed by atoms with Gasteiger partial charge in [0.15, 0.2) is 44.0 Å². The van der Waals surface area contributed by atoms with Gasteiger partial charge in [-0.1, -0.05) is 63.1 Å². The SMILES string of the molecule is CCCCNc1cc(C(=O)OCC(=O)N(C)CC(=O)OCC(=O)O[C@H](COc2nsnc2N2CCOCC2)CN(C(=O)COC(=O)CN(C)C(=O)COC(=O)c2cc(NCCCC)c(Oc3ccccc3)c(S(N)(=O)=O)c2)C(C)(C)C)cc(S(N)(=O)=O)c1Oc1ccccc1. The molecule has 3 amide bonds. The lowest BCUT2D eigenvalue weighted by Crippen LogP contribution is -2.52. The van der Waals surface area contributed by atoms with Gasteiger partial charge in [0.05, 0.1) is 54.0 Å². The Labute approximate surface area is 553 Å². The Balaban J connectivity index is 1.05. The number of nitrogens with two attached hydrogens (primary N) is 2. The minimum atomic E-state index is -4.51. The number of ether oxygens (including phenoxy) is 9. The van der Waals surface area contributed by atoms with Crippen molar-refractivity contribution in [1.29, 1.82) is 0 Å². The fraction of sp³-hybridized carbons (Fsp3) is 0.443. The molecule has 1 fully saturated rings. The first-order valence-corrected chi connectivity index (χ1v) is 33.6. The summed E-state index contributed by atoms with van der Waals surface area (Å²) in [6.45, 7) is 5.22. The number of esters is 5. The van der Waals surface area contributed by atoms with Gasteiger partial charge < -0.3 is 72.9 Å². The van der Waals surface area contributed by atoms with Gasteiger partial charge in [0.25, 0.3) is 23.6 Å². The summed E-state index contributed by atoms with van der Waals surface area (Å²) in [6.07, 6.45) is 1.55. The van der Waals surface area contributed by atoms with Gasteiger partial charge in [-0.25, -0.2) is 41.5 Å². The van der Waals surface area contributed by atoms with E-state index in [1.54, 1.807) is 81.4 Å². The van der Waals surface area contributed by atoms with E-state index in [0.717, 1.165) is 46.5 Å². The maximum atomic E-state index is 14.0. The van der Waals surface area contributed by atoms with E-state index in [1.165, 1.54) is 31.1 Å². The molecule has 1 atom stereocenters. The highest BCUT2D eigenvalue weighted by Crippen LogP contribution is 2.39. The van der Waals surface area contributed by atoms with E-state index in [2.05, 4.69) is 19.4 Å². The highest BCUT2D eigenvalue weighted by Gasteiger charge is 2.34. The van der Waals surface area contributed by atoms with Crippen molar-refractivity contribution in [3.8, 4) is 28.9 Å². The predicted octanol–water partition coefficient (Wildman–Crippen LogP) is 4.31. The molecule has 6 N–H and O–H groups in total. The number of para-hydroxylation sites is 2. The third-order valence-electron chi connectivity index (χ3n) is 13.7. The number of primary sulfonamides is 2. The summed E-state index contributed by atoms with van der Waals surface area (Å²) in [5, 5.41) is 17.3. The van der Waals surface area contributed by atoms with Crippen LogP contribution in [0.2, 0.25) is 0 Å². The zero-order valence-corrected chi connectivity index (χ0v) is 56.0. The summed E-state index contributed by atoms with van der Waals surface area (Å²) in [7, 11) is -6.64. The van der Waals surface area contributed by atoms with Crippen molar-refractivity contribution in [1.82, 2.24) is 23.4 Å². The van der Waals surface area contributed by atoms with Crippen molar-refractivity contribution < 1.29 is 97.8 Å². The quantitative estimate of drug-likeness (QED) is 0.0249. The number of nitrogens with one attached hydrogen (secondary N) is 2. The summed E-state index contributed by atoms with van der Waals surface area (Å²) in [5.74, 6) is -7.43. The van der Waals surface area contributed by atoms with Crippen LogP contribution in [0.15, 0.2) is 94.7 Å². The number of hydrogen-bond donors (Lipinski definition) is 4. The van der Waals surface area contributed by atoms with Crippen molar-refractivity contribution in [2.75, 3.05) is 122 Å². The average Bonchev–Trinajstić information content (AvgIpc) is 1.36. The molecule has 95 heavy (non-hydrogen) atoms. The molecule has 1 aliphatic heterocycles. The number of carbonyl (C=O) groups excluding carboxylic acids is 8. The van der Waals surface area contributed by atoms with Gasteiger partial charge in [-0.05, 0) is 82.1 Å². The molecular formula is C61H78N10O21S3. The Kier molecular flexibility index (Phi) is 27.8. The normalized spacial score (nSPS) is 12.7. The number of carbonyl (C=O) groups is 8. The van der Waals surface area contributed by atoms with E-state index in [4.69, 9.17) is 52.9 Å². The second-order valence-corrected chi connectivity index (χ2v) is 25.8. The molecule has 0 aliphatic carbocycles. The molecule has 0 unspecified atom stereocenters. The Bertz CT molecular complexity index is 3720. The Morgan fingerprint density at radius 1 is 0.632 bits per heavy atom. The van der Waals surface area contributed by atoms with Crippen LogP contribution in [0.5, 0.6) is 28.9 Å². The van der Waals surface area contributed by atoms with E-state index >= 15 is 0 Å². The number of nitrogens with zero attached hydrogens (tertiary/aromatic N) is 6. The molecule has 6 rings (SSSR count). The van der Waals surface area contributed by atoms with Gasteiger partial charge in [0.1, 0.15) is 41.0 Å². The summed E-state index contributed by atoms with van der Waals surface area (Å²) in [5.41, 5.74) is -1.45. The number of anilines is 3. The number of likely N-dealkylation sites (N-methyl/N-ethyl adjacent to an activating group) is 2. The molecule has 0 spiro atoms. The van der Waals surface area contributed by atoms with Gasteiger partial charge in [0, 0.05) is 45.8 Å². The first-order chi connectivity index (χ1) is 45.1. The molecule has 0 radical (unpaired) electrons. The molecule has 2 heterocycles. The van der Waals surface area contributed by atoms with Crippen LogP contribution >= 0.6 is 11.7 Å². The lowest BCUT2D eigenvalue weighted by Gasteiger charge is -2.37. The maximum Gasteiger partial charge on any atom is 0.344 e. The molecule has 5 aromatic rings. The third kappa shape index (κ3) is 23.3. The monoisotopic (exact) mass is 1380 g/mol. The van der Waals surface area contributed by atoms with Crippen molar-refractivity contribution in [3.63, 3.8) is 0 Å². The van der Waals surface area contributed by atoms with E-state index in [1.807, 2.05) is 18.7 Å². The van der Waals surface area contributed by atoms with Gasteiger partial charge >= 0.3 is 29.8 Å². The second-order valence-electron chi connectivity index (χ2n) is 22.2. The van der Waals surface area contributed by atoms with Gasteiger partial charge in [-0.2, -0.15) is 4.37 Å².